The van der Waals surface area contributed by atoms with Gasteiger partial charge in [-0.2, -0.15) is 0 Å². The normalized spacial score (nSPS) is 15.0. The summed E-state index contributed by atoms with van der Waals surface area (Å²) < 4.78 is 0. The molecule has 1 aromatic carbocycles. The van der Waals surface area contributed by atoms with Crippen LogP contribution in [0.2, 0.25) is 0 Å². The number of H-pyrrole nitrogens is 1. The number of aromatic nitrogens is 2. The Morgan fingerprint density at radius 3 is 1.82 bits per heavy atom. The van der Waals surface area contributed by atoms with Gasteiger partial charge in [0.15, 0.2) is 0 Å². The number of carbonyl (C=O) groups excluding carboxylic acids is 7. The van der Waals surface area contributed by atoms with Gasteiger partial charge in [0.05, 0.1) is 25.6 Å². The van der Waals surface area contributed by atoms with Crippen LogP contribution in [0, 0.1) is 5.92 Å². The Hall–Kier alpha value is -5.97. The summed E-state index contributed by atoms with van der Waals surface area (Å²) in [4.78, 5) is 111. The standard InChI is InChI=1S/C39H61N11O11/c1-21(2)14-27(47-33(54)22(3)45-31(53)18-43-38(59)32(41)23(4)52)35(56)48-28(15-24-10-6-5-7-11-24)36(57)46-26(12-8-9-13-40)34(55)49-29(16-25-17-42-20-44-25)37(58)50-30(19-51)39(60)61/h5-7,10-11,17,20-23,26-30,32,51-52H,8-9,12-16,18-19,40-41H2,1-4H3,(H,42,44)(H,43,59)(H,45,53)(H,46,57)(H,47,54)(H,48,56)(H,49,55)(H,50,58)(H,60,61)/t22-,23+,26-,27-,28-,29-,30-,32-/m0/s1. The highest BCUT2D eigenvalue weighted by Crippen LogP contribution is 2.11. The number of nitrogens with one attached hydrogen (secondary N) is 8. The first kappa shape index (κ1) is 51.2. The number of amides is 7. The summed E-state index contributed by atoms with van der Waals surface area (Å²) in [7, 11) is 0. The summed E-state index contributed by atoms with van der Waals surface area (Å²) in [5, 5.41) is 45.8. The van der Waals surface area contributed by atoms with Crippen LogP contribution in [0.1, 0.15) is 64.6 Å². The van der Waals surface area contributed by atoms with E-state index in [2.05, 4.69) is 47.2 Å². The molecule has 0 bridgehead atoms. The van der Waals surface area contributed by atoms with Gasteiger partial charge < -0.3 is 69.0 Å². The molecule has 8 atom stereocenters. The van der Waals surface area contributed by atoms with Crippen molar-refractivity contribution in [1.29, 1.82) is 0 Å². The number of nitrogens with two attached hydrogens (primary N) is 2. The summed E-state index contributed by atoms with van der Waals surface area (Å²) in [5.41, 5.74) is 12.3. The first-order valence-electron chi connectivity index (χ1n) is 19.9. The molecule has 22 heteroatoms. The molecule has 0 aliphatic carbocycles. The molecule has 15 N–H and O–H groups in total. The lowest BCUT2D eigenvalue weighted by Gasteiger charge is -2.28. The number of aliphatic carboxylic acids is 1. The second-order valence-corrected chi connectivity index (χ2v) is 15.0. The summed E-state index contributed by atoms with van der Waals surface area (Å²) in [6, 6.07) is -0.578. The molecular formula is C39H61N11O11. The number of nitrogens with zero attached hydrogens (tertiary/aromatic N) is 1. The zero-order valence-electron chi connectivity index (χ0n) is 34.8. The van der Waals surface area contributed by atoms with Gasteiger partial charge in [-0.3, -0.25) is 33.6 Å². The average Bonchev–Trinajstić information content (AvgIpc) is 3.73. The van der Waals surface area contributed by atoms with Gasteiger partial charge in [0.25, 0.3) is 0 Å². The fraction of sp³-hybridized carbons (Fsp3) is 0.564. The Balaban J connectivity index is 2.33. The zero-order valence-corrected chi connectivity index (χ0v) is 34.8. The SMILES string of the molecule is CC(C)C[C@H](NC(=O)[C@H](C)NC(=O)CNC(=O)[C@@H](N)[C@@H](C)O)C(=O)N[C@@H](Cc1ccccc1)C(=O)N[C@@H](CCCCN)C(=O)N[C@@H](Cc1cnc[nH]1)C(=O)N[C@@H](CO)C(=O)O. The predicted octanol–water partition coefficient (Wildman–Crippen LogP) is -3.80. The van der Waals surface area contributed by atoms with Gasteiger partial charge in [-0.25, -0.2) is 9.78 Å². The van der Waals surface area contributed by atoms with Gasteiger partial charge in [0, 0.05) is 24.7 Å². The van der Waals surface area contributed by atoms with Gasteiger partial charge in [0.2, 0.25) is 41.4 Å². The molecule has 0 saturated heterocycles. The highest BCUT2D eigenvalue weighted by Gasteiger charge is 2.33. The van der Waals surface area contributed by atoms with Crippen molar-refractivity contribution in [2.75, 3.05) is 19.7 Å². The number of carboxylic acids is 1. The van der Waals surface area contributed by atoms with Crippen LogP contribution in [-0.4, -0.2) is 141 Å². The van der Waals surface area contributed by atoms with Crippen LogP contribution >= 0.6 is 0 Å². The van der Waals surface area contributed by atoms with Crippen LogP contribution in [0.25, 0.3) is 0 Å². The number of carboxylic acid groups (broad SMARTS) is 1. The summed E-state index contributed by atoms with van der Waals surface area (Å²) in [5.74, 6) is -7.17. The molecule has 0 aliphatic rings. The van der Waals surface area contributed by atoms with E-state index in [9.17, 15) is 53.7 Å². The maximum atomic E-state index is 14.1. The molecule has 61 heavy (non-hydrogen) atoms. The van der Waals surface area contributed by atoms with Crippen LogP contribution < -0.4 is 48.7 Å². The number of unbranched alkanes of at least 4 members (excludes halogenated alkanes) is 1. The number of hydrogen-bond acceptors (Lipinski definition) is 13. The number of hydrogen-bond donors (Lipinski definition) is 13. The Morgan fingerprint density at radius 2 is 1.28 bits per heavy atom. The van der Waals surface area contributed by atoms with E-state index < -0.39 is 109 Å². The van der Waals surface area contributed by atoms with E-state index in [1.165, 1.54) is 26.4 Å². The summed E-state index contributed by atoms with van der Waals surface area (Å²) >= 11 is 0. The zero-order chi connectivity index (χ0) is 45.6. The minimum Gasteiger partial charge on any atom is -0.480 e. The number of imidazole rings is 1. The predicted molar refractivity (Wildman–Crippen MR) is 219 cm³/mol. The fourth-order valence-corrected chi connectivity index (χ4v) is 5.78. The smallest absolute Gasteiger partial charge is 0.328 e. The van der Waals surface area contributed by atoms with Crippen molar-refractivity contribution in [3.05, 3.63) is 54.1 Å². The van der Waals surface area contributed by atoms with Gasteiger partial charge in [0.1, 0.15) is 42.3 Å². The van der Waals surface area contributed by atoms with Crippen molar-refractivity contribution in [2.24, 2.45) is 17.4 Å². The molecule has 0 spiro atoms. The van der Waals surface area contributed by atoms with Crippen LogP contribution in [-0.2, 0) is 51.2 Å². The number of aliphatic hydroxyl groups excluding tert-OH is 2. The molecule has 0 fully saturated rings. The van der Waals surface area contributed by atoms with E-state index in [-0.39, 0.29) is 38.1 Å². The second-order valence-electron chi connectivity index (χ2n) is 15.0. The Bertz CT molecular complexity index is 1750. The Morgan fingerprint density at radius 1 is 0.721 bits per heavy atom. The van der Waals surface area contributed by atoms with E-state index in [4.69, 9.17) is 11.5 Å². The molecular weight excluding hydrogens is 798 g/mol. The lowest BCUT2D eigenvalue weighted by Crippen LogP contribution is -2.60. The molecule has 0 radical (unpaired) electrons. The number of aliphatic hydroxyl groups is 2. The van der Waals surface area contributed by atoms with E-state index in [1.807, 2.05) is 13.8 Å². The van der Waals surface area contributed by atoms with Gasteiger partial charge in [-0.05, 0) is 57.6 Å². The minimum atomic E-state index is -1.66. The molecule has 0 aliphatic heterocycles. The third-order valence-corrected chi connectivity index (χ3v) is 9.26. The number of benzene rings is 1. The second kappa shape index (κ2) is 26.3. The molecule has 2 rings (SSSR count). The van der Waals surface area contributed by atoms with Crippen molar-refractivity contribution in [1.82, 2.24) is 47.2 Å². The van der Waals surface area contributed by atoms with Gasteiger partial charge in [-0.1, -0.05) is 44.2 Å². The molecule has 0 unspecified atom stereocenters. The average molecular weight is 860 g/mol. The van der Waals surface area contributed by atoms with Crippen molar-refractivity contribution >= 4 is 47.3 Å². The number of aromatic amines is 1. The van der Waals surface area contributed by atoms with Gasteiger partial charge in [-0.15, -0.1) is 0 Å². The largest absolute Gasteiger partial charge is 0.480 e. The first-order chi connectivity index (χ1) is 28.9. The Kier molecular flexibility index (Phi) is 22.0. The molecule has 1 heterocycles. The molecule has 1 aromatic heterocycles. The van der Waals surface area contributed by atoms with E-state index in [1.54, 1.807) is 30.3 Å². The number of carbonyl (C=O) groups is 8. The molecule has 0 saturated carbocycles. The lowest BCUT2D eigenvalue weighted by molar-refractivity contribution is -0.143. The van der Waals surface area contributed by atoms with Crippen LogP contribution in [0.4, 0.5) is 0 Å². The van der Waals surface area contributed by atoms with Crippen LogP contribution in [0.3, 0.4) is 0 Å². The number of rotatable bonds is 27. The molecule has 7 amide bonds. The quantitative estimate of drug-likeness (QED) is 0.0384. The summed E-state index contributed by atoms with van der Waals surface area (Å²) in [6.45, 7) is 5.11. The minimum absolute atomic E-state index is 0.0443. The first-order valence-corrected chi connectivity index (χ1v) is 19.9. The third kappa shape index (κ3) is 18.5. The van der Waals surface area contributed by atoms with Crippen molar-refractivity contribution in [3.8, 4) is 0 Å². The lowest BCUT2D eigenvalue weighted by atomic mass is 10.00. The monoisotopic (exact) mass is 859 g/mol. The maximum Gasteiger partial charge on any atom is 0.328 e. The summed E-state index contributed by atoms with van der Waals surface area (Å²) in [6.07, 6.45) is 2.39. The van der Waals surface area contributed by atoms with E-state index in [0.717, 1.165) is 0 Å². The van der Waals surface area contributed by atoms with Crippen molar-refractivity contribution in [3.63, 3.8) is 0 Å². The van der Waals surface area contributed by atoms with Crippen molar-refractivity contribution < 1.29 is 53.7 Å². The van der Waals surface area contributed by atoms with Gasteiger partial charge >= 0.3 is 5.97 Å². The van der Waals surface area contributed by atoms with Crippen LogP contribution in [0.5, 0.6) is 0 Å². The third-order valence-electron chi connectivity index (χ3n) is 9.26. The molecule has 22 nitrogen and oxygen atoms in total. The molecule has 338 valence electrons. The van der Waals surface area contributed by atoms with Crippen LogP contribution in [0.15, 0.2) is 42.9 Å². The van der Waals surface area contributed by atoms with Crippen molar-refractivity contribution in [2.45, 2.75) is 115 Å². The maximum absolute atomic E-state index is 14.1. The highest BCUT2D eigenvalue weighted by atomic mass is 16.4. The Labute approximate surface area is 353 Å². The molecule has 2 aromatic rings. The van der Waals surface area contributed by atoms with E-state index in [0.29, 0.717) is 24.1 Å². The highest BCUT2D eigenvalue weighted by molar-refractivity contribution is 5.97. The van der Waals surface area contributed by atoms with E-state index >= 15 is 0 Å². The topological polar surface area (TPSA) is 362 Å². The fourth-order valence-electron chi connectivity index (χ4n) is 5.78.